The standard InChI is InChI=1S/C13H18N6/c1-8-7-15-18-12(8)10-4-3-5-19(10)11-6-9(2)16-13(14)17-11/h6-7,10H,3-5H2,1-2H3,(H,15,18)(H2,14,16,17)/t10-/m1/s1. The average Bonchev–Trinajstić information content (AvgIpc) is 2.95. The molecule has 3 N–H and O–H groups in total. The van der Waals surface area contributed by atoms with Gasteiger partial charge in [0.15, 0.2) is 0 Å². The van der Waals surface area contributed by atoms with Gasteiger partial charge in [-0.2, -0.15) is 10.1 Å². The Hall–Kier alpha value is -2.11. The number of anilines is 2. The zero-order valence-corrected chi connectivity index (χ0v) is 11.2. The number of hydrogen-bond donors (Lipinski definition) is 2. The minimum atomic E-state index is 0.302. The number of nitrogen functional groups attached to an aromatic ring is 1. The Kier molecular flexibility index (Phi) is 2.85. The maximum absolute atomic E-state index is 5.75. The number of nitrogens with one attached hydrogen (secondary N) is 1. The molecule has 2 aromatic heterocycles. The van der Waals surface area contributed by atoms with Crippen molar-refractivity contribution in [2.24, 2.45) is 0 Å². The molecule has 6 nitrogen and oxygen atoms in total. The van der Waals surface area contributed by atoms with Crippen molar-refractivity contribution >= 4 is 11.8 Å². The lowest BCUT2D eigenvalue weighted by atomic mass is 10.1. The van der Waals surface area contributed by atoms with E-state index in [1.165, 1.54) is 11.3 Å². The highest BCUT2D eigenvalue weighted by atomic mass is 15.3. The molecule has 0 aliphatic carbocycles. The second-order valence-electron chi connectivity index (χ2n) is 5.04. The normalized spacial score (nSPS) is 19.1. The van der Waals surface area contributed by atoms with Crippen LogP contribution in [0.25, 0.3) is 0 Å². The maximum atomic E-state index is 5.75. The number of aryl methyl sites for hydroxylation is 2. The molecule has 1 aliphatic heterocycles. The molecule has 1 saturated heterocycles. The molecule has 0 spiro atoms. The number of aromatic amines is 1. The summed E-state index contributed by atoms with van der Waals surface area (Å²) in [6.07, 6.45) is 4.11. The van der Waals surface area contributed by atoms with Crippen LogP contribution in [0.5, 0.6) is 0 Å². The van der Waals surface area contributed by atoms with E-state index in [1.54, 1.807) is 0 Å². The van der Waals surface area contributed by atoms with E-state index in [0.29, 0.717) is 12.0 Å². The Morgan fingerprint density at radius 3 is 2.89 bits per heavy atom. The Morgan fingerprint density at radius 2 is 2.21 bits per heavy atom. The summed E-state index contributed by atoms with van der Waals surface area (Å²) in [4.78, 5) is 10.8. The summed E-state index contributed by atoms with van der Waals surface area (Å²) in [7, 11) is 0. The molecular formula is C13H18N6. The highest BCUT2D eigenvalue weighted by Crippen LogP contribution is 2.35. The van der Waals surface area contributed by atoms with Gasteiger partial charge >= 0.3 is 0 Å². The summed E-state index contributed by atoms with van der Waals surface area (Å²) >= 11 is 0. The molecule has 1 aliphatic rings. The first-order valence-electron chi connectivity index (χ1n) is 6.53. The number of rotatable bonds is 2. The summed E-state index contributed by atoms with van der Waals surface area (Å²) in [6.45, 7) is 5.00. The van der Waals surface area contributed by atoms with Gasteiger partial charge in [-0.15, -0.1) is 0 Å². The minimum Gasteiger partial charge on any atom is -0.368 e. The molecule has 6 heteroatoms. The van der Waals surface area contributed by atoms with Crippen molar-refractivity contribution in [1.82, 2.24) is 20.2 Å². The van der Waals surface area contributed by atoms with Crippen LogP contribution in [-0.4, -0.2) is 26.7 Å². The Labute approximate surface area is 112 Å². The molecule has 3 rings (SSSR count). The molecule has 0 bridgehead atoms. The molecule has 19 heavy (non-hydrogen) atoms. The van der Waals surface area contributed by atoms with Crippen LogP contribution in [-0.2, 0) is 0 Å². The van der Waals surface area contributed by atoms with Crippen molar-refractivity contribution in [3.8, 4) is 0 Å². The second kappa shape index (κ2) is 4.53. The quantitative estimate of drug-likeness (QED) is 0.857. The Balaban J connectivity index is 1.97. The lowest BCUT2D eigenvalue weighted by Gasteiger charge is -2.25. The van der Waals surface area contributed by atoms with Gasteiger partial charge in [0.1, 0.15) is 5.82 Å². The first-order valence-corrected chi connectivity index (χ1v) is 6.53. The number of H-pyrrole nitrogens is 1. The van der Waals surface area contributed by atoms with Gasteiger partial charge in [0.05, 0.1) is 17.9 Å². The van der Waals surface area contributed by atoms with Crippen LogP contribution < -0.4 is 10.6 Å². The molecule has 3 heterocycles. The van der Waals surface area contributed by atoms with Crippen molar-refractivity contribution in [2.75, 3.05) is 17.2 Å². The minimum absolute atomic E-state index is 0.302. The Bertz CT molecular complexity index is 570. The third-order valence-corrected chi connectivity index (χ3v) is 3.61. The fourth-order valence-corrected chi connectivity index (χ4v) is 2.76. The van der Waals surface area contributed by atoms with E-state index in [1.807, 2.05) is 19.2 Å². The smallest absolute Gasteiger partial charge is 0.222 e. The summed E-state index contributed by atoms with van der Waals surface area (Å²) in [6, 6.07) is 2.29. The molecule has 0 aromatic carbocycles. The maximum Gasteiger partial charge on any atom is 0.222 e. The predicted molar refractivity (Wildman–Crippen MR) is 73.8 cm³/mol. The van der Waals surface area contributed by atoms with Gasteiger partial charge < -0.3 is 10.6 Å². The van der Waals surface area contributed by atoms with E-state index >= 15 is 0 Å². The fourth-order valence-electron chi connectivity index (χ4n) is 2.76. The summed E-state index contributed by atoms with van der Waals surface area (Å²) in [5.41, 5.74) is 9.01. The second-order valence-corrected chi connectivity index (χ2v) is 5.04. The highest BCUT2D eigenvalue weighted by Gasteiger charge is 2.29. The van der Waals surface area contributed by atoms with Crippen LogP contribution >= 0.6 is 0 Å². The molecule has 0 amide bonds. The highest BCUT2D eigenvalue weighted by molar-refractivity contribution is 5.47. The van der Waals surface area contributed by atoms with Crippen molar-refractivity contribution in [1.29, 1.82) is 0 Å². The van der Waals surface area contributed by atoms with Crippen LogP contribution in [0.1, 0.15) is 35.8 Å². The zero-order valence-electron chi connectivity index (χ0n) is 11.2. The molecule has 0 radical (unpaired) electrons. The molecule has 100 valence electrons. The van der Waals surface area contributed by atoms with Crippen molar-refractivity contribution in [2.45, 2.75) is 32.7 Å². The fraction of sp³-hybridized carbons (Fsp3) is 0.462. The summed E-state index contributed by atoms with van der Waals surface area (Å²) in [5.74, 6) is 1.24. The van der Waals surface area contributed by atoms with Crippen LogP contribution in [0, 0.1) is 13.8 Å². The van der Waals surface area contributed by atoms with Gasteiger partial charge in [0, 0.05) is 18.3 Å². The van der Waals surface area contributed by atoms with E-state index in [9.17, 15) is 0 Å². The van der Waals surface area contributed by atoms with E-state index in [0.717, 1.165) is 30.9 Å². The topological polar surface area (TPSA) is 83.7 Å². The van der Waals surface area contributed by atoms with Crippen LogP contribution in [0.15, 0.2) is 12.3 Å². The van der Waals surface area contributed by atoms with Gasteiger partial charge in [-0.25, -0.2) is 4.98 Å². The summed E-state index contributed by atoms with van der Waals surface area (Å²) in [5, 5.41) is 7.23. The van der Waals surface area contributed by atoms with Gasteiger partial charge in [-0.3, -0.25) is 5.10 Å². The monoisotopic (exact) mass is 258 g/mol. The van der Waals surface area contributed by atoms with Crippen molar-refractivity contribution < 1.29 is 0 Å². The van der Waals surface area contributed by atoms with E-state index < -0.39 is 0 Å². The van der Waals surface area contributed by atoms with Crippen LogP contribution in [0.2, 0.25) is 0 Å². The van der Waals surface area contributed by atoms with Gasteiger partial charge in [0.2, 0.25) is 5.95 Å². The number of hydrogen-bond acceptors (Lipinski definition) is 5. The Morgan fingerprint density at radius 1 is 1.37 bits per heavy atom. The van der Waals surface area contributed by atoms with Gasteiger partial charge in [-0.05, 0) is 32.3 Å². The van der Waals surface area contributed by atoms with Crippen molar-refractivity contribution in [3.05, 3.63) is 29.2 Å². The number of aromatic nitrogens is 4. The molecular weight excluding hydrogens is 240 g/mol. The first kappa shape index (κ1) is 12.0. The predicted octanol–water partition coefficient (Wildman–Crippen LogP) is 1.74. The third-order valence-electron chi connectivity index (χ3n) is 3.61. The average molecular weight is 258 g/mol. The molecule has 2 aromatic rings. The molecule has 1 fully saturated rings. The number of nitrogens with zero attached hydrogens (tertiary/aromatic N) is 4. The number of nitrogens with two attached hydrogens (primary N) is 1. The van der Waals surface area contributed by atoms with E-state index in [2.05, 4.69) is 32.0 Å². The van der Waals surface area contributed by atoms with E-state index in [4.69, 9.17) is 5.73 Å². The molecule has 0 saturated carbocycles. The third kappa shape index (κ3) is 2.14. The summed E-state index contributed by atoms with van der Waals surface area (Å²) < 4.78 is 0. The lowest BCUT2D eigenvalue weighted by Crippen LogP contribution is -2.25. The van der Waals surface area contributed by atoms with Crippen LogP contribution in [0.4, 0.5) is 11.8 Å². The molecule has 0 unspecified atom stereocenters. The SMILES string of the molecule is Cc1cc(N2CCC[C@@H]2c2[nH]ncc2C)nc(N)n1. The lowest BCUT2D eigenvalue weighted by molar-refractivity contribution is 0.679. The first-order chi connectivity index (χ1) is 9.15. The van der Waals surface area contributed by atoms with Crippen molar-refractivity contribution in [3.63, 3.8) is 0 Å². The van der Waals surface area contributed by atoms with E-state index in [-0.39, 0.29) is 0 Å². The van der Waals surface area contributed by atoms with Gasteiger partial charge in [-0.1, -0.05) is 0 Å². The largest absolute Gasteiger partial charge is 0.368 e. The van der Waals surface area contributed by atoms with Gasteiger partial charge in [0.25, 0.3) is 0 Å². The zero-order chi connectivity index (χ0) is 13.4. The van der Waals surface area contributed by atoms with Crippen LogP contribution in [0.3, 0.4) is 0 Å². The molecule has 1 atom stereocenters.